The average Bonchev–Trinajstić information content (AvgIpc) is 3.33. The van der Waals surface area contributed by atoms with E-state index in [4.69, 9.17) is 0 Å². The van der Waals surface area contributed by atoms with Gasteiger partial charge >= 0.3 is 0 Å². The van der Waals surface area contributed by atoms with Gasteiger partial charge in [-0.25, -0.2) is 0 Å². The molecule has 4 rings (SSSR count). The van der Waals surface area contributed by atoms with Gasteiger partial charge in [0.25, 0.3) is 0 Å². The van der Waals surface area contributed by atoms with E-state index >= 15 is 0 Å². The van der Waals surface area contributed by atoms with E-state index in [-0.39, 0.29) is 37.2 Å². The minimum atomic E-state index is -0.853. The number of aromatic amines is 1. The molecule has 1 aliphatic heterocycles. The number of benzene rings is 2. The van der Waals surface area contributed by atoms with Crippen LogP contribution in [0.5, 0.6) is 0 Å². The van der Waals surface area contributed by atoms with Gasteiger partial charge in [-0.15, -0.1) is 0 Å². The van der Waals surface area contributed by atoms with Gasteiger partial charge in [-0.2, -0.15) is 0 Å². The number of carbonyl (C=O) groups is 4. The van der Waals surface area contributed by atoms with E-state index in [1.807, 2.05) is 36.5 Å². The molecule has 4 amide bonds. The Kier molecular flexibility index (Phi) is 8.69. The van der Waals surface area contributed by atoms with Crippen molar-refractivity contribution in [3.63, 3.8) is 0 Å². The Labute approximate surface area is 228 Å². The minimum absolute atomic E-state index is 0.189. The third kappa shape index (κ3) is 6.47. The quantitative estimate of drug-likeness (QED) is 0.373. The van der Waals surface area contributed by atoms with Crippen molar-refractivity contribution in [2.24, 2.45) is 0 Å². The molecule has 0 saturated carbocycles. The van der Waals surface area contributed by atoms with Crippen LogP contribution >= 0.6 is 0 Å². The number of likely N-dealkylation sites (N-methyl/N-ethyl adjacent to an activating group) is 1. The zero-order valence-corrected chi connectivity index (χ0v) is 23.0. The van der Waals surface area contributed by atoms with Gasteiger partial charge in [0.1, 0.15) is 25.2 Å². The summed E-state index contributed by atoms with van der Waals surface area (Å²) in [6.45, 7) is 5.75. The molecular formula is C30H37N5O4. The summed E-state index contributed by atoms with van der Waals surface area (Å²) < 4.78 is 0. The van der Waals surface area contributed by atoms with Gasteiger partial charge in [0.15, 0.2) is 0 Å². The van der Waals surface area contributed by atoms with Gasteiger partial charge in [0.05, 0.1) is 0 Å². The molecule has 2 atom stereocenters. The highest BCUT2D eigenvalue weighted by Crippen LogP contribution is 2.20. The second-order valence-corrected chi connectivity index (χ2v) is 10.2. The number of carbonyl (C=O) groups excluding carboxylic acids is 4. The molecule has 1 saturated heterocycles. The molecule has 1 fully saturated rings. The topological polar surface area (TPSA) is 115 Å². The molecule has 1 aliphatic rings. The Balaban J connectivity index is 1.53. The number of fused-ring (bicyclic) bond motifs is 1. The molecule has 2 aromatic carbocycles. The average molecular weight is 532 g/mol. The molecule has 206 valence electrons. The molecule has 0 radical (unpaired) electrons. The number of H-pyrrole nitrogens is 1. The van der Waals surface area contributed by atoms with E-state index in [2.05, 4.69) is 41.6 Å². The first kappa shape index (κ1) is 27.9. The van der Waals surface area contributed by atoms with Crippen LogP contribution in [0.3, 0.4) is 0 Å². The molecule has 3 aromatic rings. The van der Waals surface area contributed by atoms with E-state index in [0.717, 1.165) is 34.9 Å². The van der Waals surface area contributed by atoms with E-state index < -0.39 is 18.0 Å². The third-order valence-corrected chi connectivity index (χ3v) is 7.29. The maximum atomic E-state index is 13.7. The smallest absolute Gasteiger partial charge is 0.245 e. The summed E-state index contributed by atoms with van der Waals surface area (Å²) in [5, 5.41) is 6.40. The summed E-state index contributed by atoms with van der Waals surface area (Å²) in [4.78, 5) is 57.3. The number of hydrogen-bond acceptors (Lipinski definition) is 4. The summed E-state index contributed by atoms with van der Waals surface area (Å²) in [5.74, 6) is -1.37. The van der Waals surface area contributed by atoms with Crippen LogP contribution in [0, 0.1) is 0 Å². The summed E-state index contributed by atoms with van der Waals surface area (Å²) >= 11 is 0. The Morgan fingerprint density at radius 1 is 1.08 bits per heavy atom. The van der Waals surface area contributed by atoms with Crippen LogP contribution in [-0.2, 0) is 45.0 Å². The summed E-state index contributed by atoms with van der Waals surface area (Å²) in [5.41, 5.74) is 5.44. The van der Waals surface area contributed by atoms with Crippen LogP contribution in [0.1, 0.15) is 43.0 Å². The second-order valence-electron chi connectivity index (χ2n) is 10.2. The highest BCUT2D eigenvalue weighted by atomic mass is 16.2. The predicted octanol–water partition coefficient (Wildman–Crippen LogP) is 2.33. The van der Waals surface area contributed by atoms with Crippen LogP contribution in [0.4, 0.5) is 0 Å². The number of piperazine rings is 1. The van der Waals surface area contributed by atoms with Gasteiger partial charge in [-0.05, 0) is 48.1 Å². The molecule has 2 unspecified atom stereocenters. The van der Waals surface area contributed by atoms with Crippen molar-refractivity contribution in [2.45, 2.75) is 58.7 Å². The monoisotopic (exact) mass is 531 g/mol. The number of amides is 4. The lowest BCUT2D eigenvalue weighted by atomic mass is 9.99. The number of aryl methyl sites for hydroxylation is 2. The summed E-state index contributed by atoms with van der Waals surface area (Å²) in [7, 11) is 1.73. The largest absolute Gasteiger partial charge is 0.361 e. The number of hydrogen-bond donors (Lipinski definition) is 3. The Morgan fingerprint density at radius 3 is 2.56 bits per heavy atom. The van der Waals surface area contributed by atoms with Crippen LogP contribution in [-0.4, -0.2) is 70.6 Å². The molecule has 0 aliphatic carbocycles. The van der Waals surface area contributed by atoms with Crippen LogP contribution in [0.15, 0.2) is 48.7 Å². The van der Waals surface area contributed by atoms with Crippen molar-refractivity contribution < 1.29 is 19.2 Å². The first-order chi connectivity index (χ1) is 18.7. The highest BCUT2D eigenvalue weighted by molar-refractivity contribution is 5.97. The molecule has 1 aromatic heterocycles. The first-order valence-electron chi connectivity index (χ1n) is 13.5. The third-order valence-electron chi connectivity index (χ3n) is 7.29. The summed E-state index contributed by atoms with van der Waals surface area (Å²) in [6.07, 6.45) is 4.00. The maximum Gasteiger partial charge on any atom is 0.245 e. The molecule has 0 spiro atoms. The fourth-order valence-corrected chi connectivity index (χ4v) is 5.21. The SMILES string of the molecule is CCc1ccc(CN(C)C(=O)C(Cc2c[nH]c3ccccc23)NC(=O)CN2CC(=O)NC(C)C2=O)cc1CC. The predicted molar refractivity (Wildman–Crippen MR) is 150 cm³/mol. The van der Waals surface area contributed by atoms with Gasteiger partial charge < -0.3 is 25.4 Å². The lowest BCUT2D eigenvalue weighted by Crippen LogP contribution is -2.59. The van der Waals surface area contributed by atoms with Crippen molar-refractivity contribution in [3.8, 4) is 0 Å². The van der Waals surface area contributed by atoms with Gasteiger partial charge in [0, 0.05) is 37.1 Å². The van der Waals surface area contributed by atoms with Crippen LogP contribution < -0.4 is 10.6 Å². The first-order valence-corrected chi connectivity index (χ1v) is 13.5. The van der Waals surface area contributed by atoms with E-state index in [9.17, 15) is 19.2 Å². The van der Waals surface area contributed by atoms with Crippen molar-refractivity contribution >= 4 is 34.5 Å². The molecule has 39 heavy (non-hydrogen) atoms. The van der Waals surface area contributed by atoms with E-state index in [1.165, 1.54) is 16.0 Å². The molecule has 3 N–H and O–H groups in total. The van der Waals surface area contributed by atoms with E-state index in [1.54, 1.807) is 18.9 Å². The van der Waals surface area contributed by atoms with Gasteiger partial charge in [-0.3, -0.25) is 19.2 Å². The number of para-hydroxylation sites is 1. The number of rotatable bonds is 10. The zero-order chi connectivity index (χ0) is 28.1. The fraction of sp³-hybridized carbons (Fsp3) is 0.400. The molecule has 9 heteroatoms. The lowest BCUT2D eigenvalue weighted by molar-refractivity contribution is -0.146. The second kappa shape index (κ2) is 12.1. The van der Waals surface area contributed by atoms with Crippen molar-refractivity contribution in [3.05, 3.63) is 70.9 Å². The molecule has 0 bridgehead atoms. The molecule has 9 nitrogen and oxygen atoms in total. The molecule has 2 heterocycles. The Hall–Kier alpha value is -4.14. The number of aromatic nitrogens is 1. The number of nitrogens with zero attached hydrogens (tertiary/aromatic N) is 2. The Morgan fingerprint density at radius 2 is 1.82 bits per heavy atom. The minimum Gasteiger partial charge on any atom is -0.361 e. The zero-order valence-electron chi connectivity index (χ0n) is 23.0. The standard InChI is InChI=1S/C30H37N5O4/c1-5-21-12-11-20(13-22(21)6-2)16-34(4)30(39)26(14-23-15-31-25-10-8-7-9-24(23)25)33-28(37)18-35-17-27(36)32-19(3)29(35)38/h7-13,15,19,26,31H,5-6,14,16-18H2,1-4H3,(H,32,36)(H,33,37). The van der Waals surface area contributed by atoms with Gasteiger partial charge in [0.2, 0.25) is 23.6 Å². The number of nitrogens with one attached hydrogen (secondary N) is 3. The van der Waals surface area contributed by atoms with E-state index in [0.29, 0.717) is 6.54 Å². The van der Waals surface area contributed by atoms with Crippen LogP contribution in [0.2, 0.25) is 0 Å². The van der Waals surface area contributed by atoms with Crippen molar-refractivity contribution in [1.82, 2.24) is 25.4 Å². The summed E-state index contributed by atoms with van der Waals surface area (Å²) in [6, 6.07) is 12.6. The highest BCUT2D eigenvalue weighted by Gasteiger charge is 2.32. The van der Waals surface area contributed by atoms with Crippen LogP contribution in [0.25, 0.3) is 10.9 Å². The van der Waals surface area contributed by atoms with Crippen molar-refractivity contribution in [2.75, 3.05) is 20.1 Å². The Bertz CT molecular complexity index is 1380. The van der Waals surface area contributed by atoms with Gasteiger partial charge in [-0.1, -0.05) is 50.2 Å². The molecular weight excluding hydrogens is 494 g/mol. The lowest BCUT2D eigenvalue weighted by Gasteiger charge is -2.31. The fourth-order valence-electron chi connectivity index (χ4n) is 5.21. The maximum absolute atomic E-state index is 13.7. The normalized spacial score (nSPS) is 16.2. The van der Waals surface area contributed by atoms with Crippen molar-refractivity contribution in [1.29, 1.82) is 0 Å².